The third-order valence-corrected chi connectivity index (χ3v) is 2.01. The summed E-state index contributed by atoms with van der Waals surface area (Å²) in [5, 5.41) is 3.31. The van der Waals surface area contributed by atoms with Crippen LogP contribution in [0.3, 0.4) is 0 Å². The van der Waals surface area contributed by atoms with E-state index in [-0.39, 0.29) is 0 Å². The Labute approximate surface area is 78.0 Å². The van der Waals surface area contributed by atoms with Crippen molar-refractivity contribution in [1.82, 2.24) is 9.97 Å². The van der Waals surface area contributed by atoms with Crippen LogP contribution in [0.1, 0.15) is 12.8 Å². The number of hydrogen-bond acceptors (Lipinski definition) is 4. The van der Waals surface area contributed by atoms with Gasteiger partial charge in [0.2, 0.25) is 0 Å². The van der Waals surface area contributed by atoms with E-state index in [1.54, 1.807) is 12.4 Å². The molecular weight excluding hydrogens is 164 g/mol. The van der Waals surface area contributed by atoms with Gasteiger partial charge < -0.3 is 10.2 Å². The minimum absolute atomic E-state index is 0.631. The van der Waals surface area contributed by atoms with Crippen molar-refractivity contribution in [3.8, 4) is 0 Å². The summed E-state index contributed by atoms with van der Waals surface area (Å²) in [6.45, 7) is 0. The summed E-state index contributed by atoms with van der Waals surface area (Å²) >= 11 is 0. The molecule has 1 aliphatic rings. The maximum absolute atomic E-state index is 4.40. The molecule has 70 valence electrons. The molecule has 0 aliphatic heterocycles. The van der Waals surface area contributed by atoms with Crippen LogP contribution >= 0.6 is 0 Å². The van der Waals surface area contributed by atoms with Gasteiger partial charge in [0.25, 0.3) is 0 Å². The highest BCUT2D eigenvalue weighted by Gasteiger charge is 2.21. The highest BCUT2D eigenvalue weighted by molar-refractivity contribution is 5.43. The van der Waals surface area contributed by atoms with Crippen molar-refractivity contribution < 1.29 is 0 Å². The molecule has 0 aromatic carbocycles. The molecule has 1 aliphatic carbocycles. The van der Waals surface area contributed by atoms with Gasteiger partial charge in [0.1, 0.15) is 11.6 Å². The molecule has 1 saturated carbocycles. The minimum Gasteiger partial charge on any atom is -0.366 e. The first kappa shape index (κ1) is 8.29. The zero-order chi connectivity index (χ0) is 9.26. The lowest BCUT2D eigenvalue weighted by atomic mass is 10.5. The topological polar surface area (TPSA) is 41.1 Å². The lowest BCUT2D eigenvalue weighted by Gasteiger charge is -2.11. The zero-order valence-corrected chi connectivity index (χ0v) is 7.99. The van der Waals surface area contributed by atoms with Crippen LogP contribution in [0.5, 0.6) is 0 Å². The van der Waals surface area contributed by atoms with Gasteiger partial charge in [-0.2, -0.15) is 0 Å². The number of hydrogen-bond donors (Lipinski definition) is 1. The summed E-state index contributed by atoms with van der Waals surface area (Å²) in [7, 11) is 3.93. The lowest BCUT2D eigenvalue weighted by Crippen LogP contribution is -2.12. The Bertz CT molecular complexity index is 293. The first-order chi connectivity index (χ1) is 6.25. The van der Waals surface area contributed by atoms with Crippen molar-refractivity contribution >= 4 is 11.6 Å². The van der Waals surface area contributed by atoms with Gasteiger partial charge in [0, 0.05) is 20.1 Å². The van der Waals surface area contributed by atoms with E-state index < -0.39 is 0 Å². The van der Waals surface area contributed by atoms with E-state index in [0.29, 0.717) is 6.04 Å². The molecule has 4 heteroatoms. The van der Waals surface area contributed by atoms with E-state index in [0.717, 1.165) is 11.6 Å². The SMILES string of the molecule is CN(C)c1cncc(NC2CC2)n1. The molecular formula is C9H14N4. The number of anilines is 2. The van der Waals surface area contributed by atoms with Gasteiger partial charge >= 0.3 is 0 Å². The van der Waals surface area contributed by atoms with Gasteiger partial charge in [-0.3, -0.25) is 4.98 Å². The molecule has 1 aromatic heterocycles. The van der Waals surface area contributed by atoms with Gasteiger partial charge in [-0.05, 0) is 12.8 Å². The number of nitrogens with zero attached hydrogens (tertiary/aromatic N) is 3. The maximum atomic E-state index is 4.40. The quantitative estimate of drug-likeness (QED) is 0.753. The molecule has 2 rings (SSSR count). The Kier molecular flexibility index (Phi) is 2.04. The fraction of sp³-hybridized carbons (Fsp3) is 0.556. The molecule has 0 spiro atoms. The lowest BCUT2D eigenvalue weighted by molar-refractivity contribution is 1.02. The van der Waals surface area contributed by atoms with Crippen molar-refractivity contribution in [2.75, 3.05) is 24.3 Å². The van der Waals surface area contributed by atoms with Crippen molar-refractivity contribution in [3.63, 3.8) is 0 Å². The molecule has 0 saturated heterocycles. The summed E-state index contributed by atoms with van der Waals surface area (Å²) in [6, 6.07) is 0.631. The fourth-order valence-electron chi connectivity index (χ4n) is 1.08. The largest absolute Gasteiger partial charge is 0.366 e. The second-order valence-corrected chi connectivity index (χ2v) is 3.58. The van der Waals surface area contributed by atoms with Crippen LogP contribution < -0.4 is 10.2 Å². The zero-order valence-electron chi connectivity index (χ0n) is 7.99. The smallest absolute Gasteiger partial charge is 0.149 e. The van der Waals surface area contributed by atoms with E-state index in [9.17, 15) is 0 Å². The minimum atomic E-state index is 0.631. The third kappa shape index (κ3) is 2.08. The van der Waals surface area contributed by atoms with Crippen LogP contribution in [0.2, 0.25) is 0 Å². The van der Waals surface area contributed by atoms with Gasteiger partial charge in [0.15, 0.2) is 0 Å². The Hall–Kier alpha value is -1.32. The predicted octanol–water partition coefficient (Wildman–Crippen LogP) is 1.12. The number of rotatable bonds is 3. The first-order valence-electron chi connectivity index (χ1n) is 4.51. The Morgan fingerprint density at radius 3 is 2.77 bits per heavy atom. The van der Waals surface area contributed by atoms with Crippen LogP contribution in [-0.2, 0) is 0 Å². The van der Waals surface area contributed by atoms with Gasteiger partial charge in [-0.15, -0.1) is 0 Å². The summed E-state index contributed by atoms with van der Waals surface area (Å²) in [5.74, 6) is 1.78. The molecule has 1 N–H and O–H groups in total. The fourth-order valence-corrected chi connectivity index (χ4v) is 1.08. The molecule has 1 fully saturated rings. The normalized spacial score (nSPS) is 15.5. The van der Waals surface area contributed by atoms with E-state index in [2.05, 4.69) is 15.3 Å². The highest BCUT2D eigenvalue weighted by Crippen LogP contribution is 2.23. The Morgan fingerprint density at radius 2 is 2.15 bits per heavy atom. The van der Waals surface area contributed by atoms with E-state index >= 15 is 0 Å². The third-order valence-electron chi connectivity index (χ3n) is 2.01. The Morgan fingerprint density at radius 1 is 1.38 bits per heavy atom. The van der Waals surface area contributed by atoms with Crippen molar-refractivity contribution in [2.45, 2.75) is 18.9 Å². The Balaban J connectivity index is 2.11. The van der Waals surface area contributed by atoms with Crippen molar-refractivity contribution in [3.05, 3.63) is 12.4 Å². The number of aromatic nitrogens is 2. The van der Waals surface area contributed by atoms with E-state index in [1.807, 2.05) is 19.0 Å². The average Bonchev–Trinajstić information content (AvgIpc) is 2.89. The monoisotopic (exact) mass is 178 g/mol. The molecule has 0 bridgehead atoms. The number of nitrogens with one attached hydrogen (secondary N) is 1. The first-order valence-corrected chi connectivity index (χ1v) is 4.51. The van der Waals surface area contributed by atoms with Crippen LogP contribution in [0, 0.1) is 0 Å². The summed E-state index contributed by atoms with van der Waals surface area (Å²) in [5.41, 5.74) is 0. The van der Waals surface area contributed by atoms with Gasteiger partial charge in [0.05, 0.1) is 12.4 Å². The van der Waals surface area contributed by atoms with Crippen LogP contribution in [0.4, 0.5) is 11.6 Å². The molecule has 1 aromatic rings. The van der Waals surface area contributed by atoms with Crippen molar-refractivity contribution in [2.24, 2.45) is 0 Å². The summed E-state index contributed by atoms with van der Waals surface area (Å²) < 4.78 is 0. The second-order valence-electron chi connectivity index (χ2n) is 3.58. The van der Waals surface area contributed by atoms with E-state index in [1.165, 1.54) is 12.8 Å². The second kappa shape index (κ2) is 3.20. The van der Waals surface area contributed by atoms with Crippen LogP contribution in [0.25, 0.3) is 0 Å². The molecule has 0 amide bonds. The van der Waals surface area contributed by atoms with Gasteiger partial charge in [-0.25, -0.2) is 4.98 Å². The van der Waals surface area contributed by atoms with E-state index in [4.69, 9.17) is 0 Å². The summed E-state index contributed by atoms with van der Waals surface area (Å²) in [4.78, 5) is 10.5. The van der Waals surface area contributed by atoms with Crippen LogP contribution in [0.15, 0.2) is 12.4 Å². The van der Waals surface area contributed by atoms with Crippen LogP contribution in [-0.4, -0.2) is 30.1 Å². The standard InChI is InChI=1S/C9H14N4/c1-13(2)9-6-10-5-8(12-9)11-7-3-4-7/h5-7H,3-4H2,1-2H3,(H,11,12). The van der Waals surface area contributed by atoms with Crippen molar-refractivity contribution in [1.29, 1.82) is 0 Å². The molecule has 13 heavy (non-hydrogen) atoms. The van der Waals surface area contributed by atoms with Gasteiger partial charge in [-0.1, -0.05) is 0 Å². The highest BCUT2D eigenvalue weighted by atomic mass is 15.2. The maximum Gasteiger partial charge on any atom is 0.149 e. The molecule has 4 nitrogen and oxygen atoms in total. The average molecular weight is 178 g/mol. The predicted molar refractivity (Wildman–Crippen MR) is 53.0 cm³/mol. The molecule has 0 atom stereocenters. The summed E-state index contributed by atoms with van der Waals surface area (Å²) in [6.07, 6.45) is 6.05. The molecule has 1 heterocycles. The molecule has 0 radical (unpaired) electrons. The molecule has 0 unspecified atom stereocenters.